The molecule has 0 saturated heterocycles. The lowest BCUT2D eigenvalue weighted by molar-refractivity contribution is 0.173. The molecule has 21 heavy (non-hydrogen) atoms. The molecule has 116 valence electrons. The topological polar surface area (TPSA) is 81.4 Å². The van der Waals surface area contributed by atoms with Crippen molar-refractivity contribution in [2.75, 3.05) is 12.8 Å². The zero-order valence-electron chi connectivity index (χ0n) is 12.4. The van der Waals surface area contributed by atoms with E-state index < -0.39 is 9.84 Å². The quantitative estimate of drug-likeness (QED) is 0.835. The fourth-order valence-electron chi connectivity index (χ4n) is 2.37. The fraction of sp³-hybridized carbons (Fsp3) is 0.467. The van der Waals surface area contributed by atoms with Crippen molar-refractivity contribution in [2.45, 2.75) is 30.8 Å². The zero-order chi connectivity index (χ0) is 15.5. The second kappa shape index (κ2) is 6.39. The Morgan fingerprint density at radius 2 is 2.05 bits per heavy atom. The molecule has 3 N–H and O–H groups in total. The molecule has 0 bridgehead atoms. The Morgan fingerprint density at radius 3 is 2.52 bits per heavy atom. The molecule has 0 fully saturated rings. The molecule has 1 aliphatic rings. The SMILES string of the molecule is CC[C@@H](C[C@H]1C=C(N)NC1)Oc1ccc(S(C)(=O)=O)cc1. The summed E-state index contributed by atoms with van der Waals surface area (Å²) < 4.78 is 28.8. The molecule has 2 rings (SSSR count). The van der Waals surface area contributed by atoms with Gasteiger partial charge in [-0.25, -0.2) is 8.42 Å². The Labute approximate surface area is 126 Å². The van der Waals surface area contributed by atoms with Gasteiger partial charge in [0, 0.05) is 18.7 Å². The van der Waals surface area contributed by atoms with Crippen molar-refractivity contribution in [2.24, 2.45) is 11.7 Å². The third-order valence-corrected chi connectivity index (χ3v) is 4.69. The van der Waals surface area contributed by atoms with E-state index in [9.17, 15) is 8.42 Å². The first kappa shape index (κ1) is 15.7. The maximum Gasteiger partial charge on any atom is 0.175 e. The minimum absolute atomic E-state index is 0.0861. The minimum Gasteiger partial charge on any atom is -0.490 e. The summed E-state index contributed by atoms with van der Waals surface area (Å²) in [5.41, 5.74) is 5.70. The van der Waals surface area contributed by atoms with E-state index in [0.29, 0.717) is 16.6 Å². The lowest BCUT2D eigenvalue weighted by Crippen LogP contribution is -2.22. The smallest absolute Gasteiger partial charge is 0.175 e. The van der Waals surface area contributed by atoms with Gasteiger partial charge < -0.3 is 15.8 Å². The highest BCUT2D eigenvalue weighted by atomic mass is 32.2. The molecule has 2 atom stereocenters. The largest absolute Gasteiger partial charge is 0.490 e. The monoisotopic (exact) mass is 310 g/mol. The Kier molecular flexibility index (Phi) is 4.77. The van der Waals surface area contributed by atoms with Crippen molar-refractivity contribution in [3.8, 4) is 5.75 Å². The molecule has 1 aromatic carbocycles. The van der Waals surface area contributed by atoms with Gasteiger partial charge in [-0.1, -0.05) is 6.92 Å². The molecule has 1 aliphatic heterocycles. The van der Waals surface area contributed by atoms with Gasteiger partial charge in [0.15, 0.2) is 9.84 Å². The van der Waals surface area contributed by atoms with Crippen molar-refractivity contribution in [1.29, 1.82) is 0 Å². The molecule has 5 nitrogen and oxygen atoms in total. The Balaban J connectivity index is 1.98. The molecule has 1 heterocycles. The highest BCUT2D eigenvalue weighted by Crippen LogP contribution is 2.22. The van der Waals surface area contributed by atoms with Gasteiger partial charge in [-0.05, 0) is 43.2 Å². The first-order valence-corrected chi connectivity index (χ1v) is 8.95. The van der Waals surface area contributed by atoms with Crippen molar-refractivity contribution in [1.82, 2.24) is 5.32 Å². The van der Waals surface area contributed by atoms with E-state index in [1.807, 2.05) is 6.08 Å². The van der Waals surface area contributed by atoms with Crippen molar-refractivity contribution < 1.29 is 13.2 Å². The van der Waals surface area contributed by atoms with Crippen LogP contribution in [0.1, 0.15) is 19.8 Å². The number of sulfone groups is 1. The number of nitrogens with one attached hydrogen (secondary N) is 1. The summed E-state index contributed by atoms with van der Waals surface area (Å²) in [7, 11) is -3.16. The van der Waals surface area contributed by atoms with Crippen LogP contribution in [0.25, 0.3) is 0 Å². The lowest BCUT2D eigenvalue weighted by Gasteiger charge is -2.20. The van der Waals surface area contributed by atoms with Crippen LogP contribution in [0.15, 0.2) is 41.1 Å². The van der Waals surface area contributed by atoms with Crippen LogP contribution in [0.5, 0.6) is 5.75 Å². The van der Waals surface area contributed by atoms with E-state index in [4.69, 9.17) is 10.5 Å². The highest BCUT2D eigenvalue weighted by molar-refractivity contribution is 7.90. The second-order valence-corrected chi connectivity index (χ2v) is 7.41. The van der Waals surface area contributed by atoms with Crippen molar-refractivity contribution in [3.05, 3.63) is 36.2 Å². The molecule has 0 aromatic heterocycles. The van der Waals surface area contributed by atoms with Crippen LogP contribution >= 0.6 is 0 Å². The van der Waals surface area contributed by atoms with Crippen LogP contribution < -0.4 is 15.8 Å². The Hall–Kier alpha value is -1.69. The highest BCUT2D eigenvalue weighted by Gasteiger charge is 2.19. The third kappa shape index (κ3) is 4.39. The molecule has 6 heteroatoms. The summed E-state index contributed by atoms with van der Waals surface area (Å²) in [5.74, 6) is 1.80. The van der Waals surface area contributed by atoms with Gasteiger partial charge in [0.25, 0.3) is 0 Å². The molecule has 0 amide bonds. The standard InChI is InChI=1S/C15H22N2O3S/c1-3-12(8-11-9-15(16)17-10-11)20-13-4-6-14(7-5-13)21(2,18)19/h4-7,9,11-12,17H,3,8,10,16H2,1-2H3/t11-,12-/m0/s1. The van der Waals surface area contributed by atoms with Gasteiger partial charge in [-0.3, -0.25) is 0 Å². The van der Waals surface area contributed by atoms with Crippen LogP contribution in [0, 0.1) is 5.92 Å². The van der Waals surface area contributed by atoms with Gasteiger partial charge in [-0.15, -0.1) is 0 Å². The molecular formula is C15H22N2O3S. The summed E-state index contributed by atoms with van der Waals surface area (Å²) in [4.78, 5) is 0.304. The van der Waals surface area contributed by atoms with E-state index in [1.54, 1.807) is 24.3 Å². The predicted octanol–water partition coefficient (Wildman–Crippen LogP) is 1.66. The molecule has 0 saturated carbocycles. The summed E-state index contributed by atoms with van der Waals surface area (Å²) in [6, 6.07) is 6.56. The molecule has 0 unspecified atom stereocenters. The normalized spacial score (nSPS) is 19.7. The third-order valence-electron chi connectivity index (χ3n) is 3.56. The molecule has 1 aromatic rings. The van der Waals surface area contributed by atoms with Crippen LogP contribution in [0.4, 0.5) is 0 Å². The lowest BCUT2D eigenvalue weighted by atomic mass is 10.0. The number of hydrogen-bond donors (Lipinski definition) is 2. The molecule has 0 spiro atoms. The second-order valence-electron chi connectivity index (χ2n) is 5.39. The average molecular weight is 310 g/mol. The van der Waals surface area contributed by atoms with Crippen molar-refractivity contribution in [3.63, 3.8) is 0 Å². The van der Waals surface area contributed by atoms with E-state index in [-0.39, 0.29) is 6.10 Å². The summed E-state index contributed by atoms with van der Waals surface area (Å²) >= 11 is 0. The van der Waals surface area contributed by atoms with Crippen LogP contribution in [0.3, 0.4) is 0 Å². The van der Waals surface area contributed by atoms with E-state index in [2.05, 4.69) is 12.2 Å². The molecule has 0 aliphatic carbocycles. The van der Waals surface area contributed by atoms with E-state index >= 15 is 0 Å². The number of benzene rings is 1. The summed E-state index contributed by atoms with van der Waals surface area (Å²) in [5, 5.41) is 3.10. The zero-order valence-corrected chi connectivity index (χ0v) is 13.2. The number of ether oxygens (including phenoxy) is 1. The number of rotatable bonds is 6. The first-order valence-electron chi connectivity index (χ1n) is 7.06. The summed E-state index contributed by atoms with van der Waals surface area (Å²) in [6.07, 6.45) is 5.08. The Morgan fingerprint density at radius 1 is 1.38 bits per heavy atom. The van der Waals surface area contributed by atoms with E-state index in [0.717, 1.165) is 25.2 Å². The maximum atomic E-state index is 11.4. The first-order chi connectivity index (χ1) is 9.88. The predicted molar refractivity (Wildman–Crippen MR) is 82.6 cm³/mol. The van der Waals surface area contributed by atoms with Crippen molar-refractivity contribution >= 4 is 9.84 Å². The van der Waals surface area contributed by atoms with Gasteiger partial charge in [0.1, 0.15) is 5.75 Å². The van der Waals surface area contributed by atoms with Gasteiger partial charge in [-0.2, -0.15) is 0 Å². The van der Waals surface area contributed by atoms with Crippen LogP contribution in [0.2, 0.25) is 0 Å². The number of hydrogen-bond acceptors (Lipinski definition) is 5. The molecular weight excluding hydrogens is 288 g/mol. The maximum absolute atomic E-state index is 11.4. The molecule has 0 radical (unpaired) electrons. The van der Waals surface area contributed by atoms with E-state index in [1.165, 1.54) is 6.26 Å². The average Bonchev–Trinajstić information content (AvgIpc) is 2.83. The van der Waals surface area contributed by atoms with Crippen LogP contribution in [-0.4, -0.2) is 27.3 Å². The van der Waals surface area contributed by atoms with Gasteiger partial charge >= 0.3 is 0 Å². The number of nitrogens with two attached hydrogens (primary N) is 1. The fourth-order valence-corrected chi connectivity index (χ4v) is 3.00. The minimum atomic E-state index is -3.16. The Bertz CT molecular complexity index is 608. The van der Waals surface area contributed by atoms with Crippen LogP contribution in [-0.2, 0) is 9.84 Å². The summed E-state index contributed by atoms with van der Waals surface area (Å²) in [6.45, 7) is 2.92. The van der Waals surface area contributed by atoms with Gasteiger partial charge in [0.2, 0.25) is 0 Å². The van der Waals surface area contributed by atoms with Gasteiger partial charge in [0.05, 0.1) is 16.8 Å².